The van der Waals surface area contributed by atoms with Crippen LogP contribution in [0.25, 0.3) is 0 Å². The molecule has 1 aliphatic rings. The van der Waals surface area contributed by atoms with Gasteiger partial charge in [-0.05, 0) is 63.2 Å². The van der Waals surface area contributed by atoms with Crippen molar-refractivity contribution in [1.82, 2.24) is 10.2 Å². The maximum absolute atomic E-state index is 3.77. The molecule has 2 heteroatoms. The molecule has 118 valence electrons. The van der Waals surface area contributed by atoms with Gasteiger partial charge < -0.3 is 10.2 Å². The molecule has 2 rings (SSSR count). The number of hydrogen-bond donors (Lipinski definition) is 1. The van der Waals surface area contributed by atoms with Crippen molar-refractivity contribution >= 4 is 0 Å². The lowest BCUT2D eigenvalue weighted by atomic mass is 9.79. The van der Waals surface area contributed by atoms with Crippen LogP contribution in [0.4, 0.5) is 0 Å². The van der Waals surface area contributed by atoms with Gasteiger partial charge in [0.25, 0.3) is 0 Å². The summed E-state index contributed by atoms with van der Waals surface area (Å²) < 4.78 is 0. The average Bonchev–Trinajstić information content (AvgIpc) is 2.46. The van der Waals surface area contributed by atoms with Crippen LogP contribution in [0.3, 0.4) is 0 Å². The summed E-state index contributed by atoms with van der Waals surface area (Å²) in [4.78, 5) is 2.47. The highest BCUT2D eigenvalue weighted by atomic mass is 15.1. The monoisotopic (exact) mass is 288 g/mol. The zero-order valence-electron chi connectivity index (χ0n) is 14.2. The summed E-state index contributed by atoms with van der Waals surface area (Å²) in [5.74, 6) is 0.825. The molecule has 2 nitrogen and oxygen atoms in total. The Bertz CT molecular complexity index is 413. The van der Waals surface area contributed by atoms with Gasteiger partial charge in [-0.3, -0.25) is 0 Å². The van der Waals surface area contributed by atoms with Gasteiger partial charge in [0.15, 0.2) is 0 Å². The van der Waals surface area contributed by atoms with Gasteiger partial charge in [-0.1, -0.05) is 44.2 Å². The fourth-order valence-corrected chi connectivity index (χ4v) is 3.65. The zero-order chi connectivity index (χ0) is 15.3. The van der Waals surface area contributed by atoms with Gasteiger partial charge in [-0.25, -0.2) is 0 Å². The van der Waals surface area contributed by atoms with E-state index in [-0.39, 0.29) is 5.41 Å². The summed E-state index contributed by atoms with van der Waals surface area (Å²) >= 11 is 0. The smallest absolute Gasteiger partial charge is 0.00471 e. The Morgan fingerprint density at radius 1 is 1.29 bits per heavy atom. The van der Waals surface area contributed by atoms with Gasteiger partial charge in [-0.2, -0.15) is 0 Å². The van der Waals surface area contributed by atoms with Crippen LogP contribution in [-0.2, 0) is 5.41 Å². The van der Waals surface area contributed by atoms with Crippen LogP contribution in [0, 0.1) is 5.92 Å². The van der Waals surface area contributed by atoms with Crippen molar-refractivity contribution in [2.24, 2.45) is 5.92 Å². The molecular formula is C19H32N2. The van der Waals surface area contributed by atoms with Gasteiger partial charge in [0.05, 0.1) is 0 Å². The second-order valence-corrected chi connectivity index (χ2v) is 7.53. The molecule has 1 saturated heterocycles. The largest absolute Gasteiger partial charge is 0.314 e. The van der Waals surface area contributed by atoms with E-state index in [1.807, 2.05) is 0 Å². The topological polar surface area (TPSA) is 15.3 Å². The van der Waals surface area contributed by atoms with Crippen molar-refractivity contribution in [2.45, 2.75) is 51.5 Å². The highest BCUT2D eigenvalue weighted by Crippen LogP contribution is 2.28. The number of piperidine rings is 1. The molecule has 0 amide bonds. The minimum absolute atomic E-state index is 0.233. The first kappa shape index (κ1) is 16.5. The van der Waals surface area contributed by atoms with Crippen LogP contribution in [0.15, 0.2) is 30.3 Å². The first-order valence-electron chi connectivity index (χ1n) is 8.45. The Morgan fingerprint density at radius 2 is 2.00 bits per heavy atom. The normalized spacial score (nSPS) is 22.2. The van der Waals surface area contributed by atoms with Crippen LogP contribution < -0.4 is 5.32 Å². The summed E-state index contributed by atoms with van der Waals surface area (Å²) in [7, 11) is 2.24. The zero-order valence-corrected chi connectivity index (χ0v) is 14.2. The average molecular weight is 288 g/mol. The van der Waals surface area contributed by atoms with E-state index >= 15 is 0 Å². The van der Waals surface area contributed by atoms with Crippen LogP contribution in [0.5, 0.6) is 0 Å². The quantitative estimate of drug-likeness (QED) is 0.859. The van der Waals surface area contributed by atoms with E-state index in [1.54, 1.807) is 0 Å². The highest BCUT2D eigenvalue weighted by Gasteiger charge is 2.24. The molecule has 1 N–H and O–H groups in total. The van der Waals surface area contributed by atoms with Crippen LogP contribution in [0.2, 0.25) is 0 Å². The first-order valence-corrected chi connectivity index (χ1v) is 8.45. The van der Waals surface area contributed by atoms with Crippen molar-refractivity contribution in [3.05, 3.63) is 35.9 Å². The fraction of sp³-hybridized carbons (Fsp3) is 0.684. The van der Waals surface area contributed by atoms with E-state index in [0.29, 0.717) is 6.04 Å². The molecule has 21 heavy (non-hydrogen) atoms. The number of likely N-dealkylation sites (tertiary alicyclic amines) is 1. The second kappa shape index (κ2) is 7.42. The van der Waals surface area contributed by atoms with Gasteiger partial charge in [0, 0.05) is 12.6 Å². The molecule has 2 atom stereocenters. The highest BCUT2D eigenvalue weighted by molar-refractivity contribution is 5.23. The van der Waals surface area contributed by atoms with Gasteiger partial charge in [0.1, 0.15) is 0 Å². The summed E-state index contributed by atoms with van der Waals surface area (Å²) in [6.45, 7) is 10.7. The number of hydrogen-bond acceptors (Lipinski definition) is 2. The molecule has 0 aliphatic carbocycles. The molecule has 1 aromatic carbocycles. The summed E-state index contributed by atoms with van der Waals surface area (Å²) in [6, 6.07) is 11.5. The Morgan fingerprint density at radius 3 is 2.67 bits per heavy atom. The van der Waals surface area contributed by atoms with Gasteiger partial charge in [0.2, 0.25) is 0 Å². The van der Waals surface area contributed by atoms with Crippen molar-refractivity contribution in [2.75, 3.05) is 26.7 Å². The SMILES string of the molecule is CC(CC(C)(C)c1ccccc1)NCC1CCCN(C)C1. The minimum atomic E-state index is 0.233. The van der Waals surface area contributed by atoms with Crippen molar-refractivity contribution < 1.29 is 0 Å². The molecule has 0 radical (unpaired) electrons. The third-order valence-corrected chi connectivity index (χ3v) is 4.85. The predicted octanol–water partition coefficient (Wildman–Crippen LogP) is 3.67. The summed E-state index contributed by atoms with van der Waals surface area (Å²) in [5.41, 5.74) is 1.67. The molecule has 0 aromatic heterocycles. The van der Waals surface area contributed by atoms with Crippen molar-refractivity contribution in [3.8, 4) is 0 Å². The number of nitrogens with zero attached hydrogens (tertiary/aromatic N) is 1. The van der Waals surface area contributed by atoms with E-state index in [0.717, 1.165) is 12.5 Å². The fourth-order valence-electron chi connectivity index (χ4n) is 3.65. The van der Waals surface area contributed by atoms with E-state index in [2.05, 4.69) is 68.4 Å². The Hall–Kier alpha value is -0.860. The van der Waals surface area contributed by atoms with Crippen LogP contribution >= 0.6 is 0 Å². The summed E-state index contributed by atoms with van der Waals surface area (Å²) in [6.07, 6.45) is 3.92. The Kier molecular flexibility index (Phi) is 5.83. The second-order valence-electron chi connectivity index (χ2n) is 7.53. The Labute approximate surface area is 130 Å². The minimum Gasteiger partial charge on any atom is -0.314 e. The maximum atomic E-state index is 3.77. The third kappa shape index (κ3) is 5.12. The lowest BCUT2D eigenvalue weighted by Gasteiger charge is -2.33. The Balaban J connectivity index is 1.79. The molecule has 1 aromatic rings. The molecule has 0 bridgehead atoms. The van der Waals surface area contributed by atoms with Crippen molar-refractivity contribution in [1.29, 1.82) is 0 Å². The van der Waals surface area contributed by atoms with Gasteiger partial charge in [-0.15, -0.1) is 0 Å². The third-order valence-electron chi connectivity index (χ3n) is 4.85. The van der Waals surface area contributed by atoms with E-state index < -0.39 is 0 Å². The molecule has 0 saturated carbocycles. The molecule has 0 spiro atoms. The van der Waals surface area contributed by atoms with Crippen molar-refractivity contribution in [3.63, 3.8) is 0 Å². The number of benzene rings is 1. The maximum Gasteiger partial charge on any atom is 0.00471 e. The predicted molar refractivity (Wildman–Crippen MR) is 91.8 cm³/mol. The van der Waals surface area contributed by atoms with E-state index in [4.69, 9.17) is 0 Å². The molecule has 2 unspecified atom stereocenters. The number of rotatable bonds is 6. The molecule has 1 aliphatic heterocycles. The lowest BCUT2D eigenvalue weighted by Crippen LogP contribution is -2.41. The van der Waals surface area contributed by atoms with Gasteiger partial charge >= 0.3 is 0 Å². The first-order chi connectivity index (χ1) is 9.97. The lowest BCUT2D eigenvalue weighted by molar-refractivity contribution is 0.201. The molecule has 1 heterocycles. The van der Waals surface area contributed by atoms with Crippen LogP contribution in [0.1, 0.15) is 45.6 Å². The van der Waals surface area contributed by atoms with E-state index in [1.165, 1.54) is 37.9 Å². The molecular weight excluding hydrogens is 256 g/mol. The number of nitrogens with one attached hydrogen (secondary N) is 1. The van der Waals surface area contributed by atoms with Crippen LogP contribution in [-0.4, -0.2) is 37.6 Å². The van der Waals surface area contributed by atoms with E-state index in [9.17, 15) is 0 Å². The standard InChI is InChI=1S/C19H32N2/c1-16(20-14-17-9-8-12-21(4)15-17)13-19(2,3)18-10-6-5-7-11-18/h5-7,10-11,16-17,20H,8-9,12-15H2,1-4H3. The summed E-state index contributed by atoms with van der Waals surface area (Å²) in [5, 5.41) is 3.77. The molecule has 1 fully saturated rings.